The number of phenols is 1. The summed E-state index contributed by atoms with van der Waals surface area (Å²) in [6.45, 7) is 0. The molecule has 0 bridgehead atoms. The number of halogens is 1. The van der Waals surface area contributed by atoms with Crippen LogP contribution in [-0.4, -0.2) is 23.8 Å². The van der Waals surface area contributed by atoms with Gasteiger partial charge in [0.2, 0.25) is 0 Å². The van der Waals surface area contributed by atoms with Crippen molar-refractivity contribution in [2.24, 2.45) is 0 Å². The Morgan fingerprint density at radius 1 is 1.00 bits per heavy atom. The molecular formula is C20H17ClO4. The van der Waals surface area contributed by atoms with Crippen molar-refractivity contribution in [1.82, 2.24) is 0 Å². The molecule has 0 atom stereocenters. The third-order valence-corrected chi connectivity index (χ3v) is 3.60. The maximum Gasteiger partial charge on any atom is 0.163 e. The molecule has 0 aliphatic carbocycles. The van der Waals surface area contributed by atoms with Gasteiger partial charge in [-0.05, 0) is 47.5 Å². The van der Waals surface area contributed by atoms with Gasteiger partial charge < -0.3 is 9.84 Å². The number of ether oxygens (including phenoxy) is 1. The standard InChI is InChI=1S/C20H17ClO4/c1-25-20-12-15(6-11-19(20)24)5-10-18(23)13-17(22)9-4-14-2-7-16(21)8-3-14/h2-12,24H,13H2,1H3. The normalized spacial score (nSPS) is 11.1. The molecule has 2 aromatic rings. The maximum absolute atomic E-state index is 11.9. The minimum Gasteiger partial charge on any atom is -0.504 e. The number of methoxy groups -OCH3 is 1. The Labute approximate surface area is 151 Å². The predicted molar refractivity (Wildman–Crippen MR) is 98.8 cm³/mol. The van der Waals surface area contributed by atoms with Gasteiger partial charge in [0.15, 0.2) is 23.1 Å². The van der Waals surface area contributed by atoms with Crippen LogP contribution in [0.4, 0.5) is 0 Å². The van der Waals surface area contributed by atoms with E-state index in [0.29, 0.717) is 16.3 Å². The predicted octanol–water partition coefficient (Wildman–Crippen LogP) is 4.31. The molecule has 0 spiro atoms. The van der Waals surface area contributed by atoms with Crippen LogP contribution >= 0.6 is 11.6 Å². The van der Waals surface area contributed by atoms with Gasteiger partial charge in [-0.3, -0.25) is 9.59 Å². The van der Waals surface area contributed by atoms with E-state index in [2.05, 4.69) is 0 Å². The average Bonchev–Trinajstić information content (AvgIpc) is 2.60. The van der Waals surface area contributed by atoms with Gasteiger partial charge in [-0.15, -0.1) is 0 Å². The van der Waals surface area contributed by atoms with E-state index in [1.54, 1.807) is 48.6 Å². The summed E-state index contributed by atoms with van der Waals surface area (Å²) >= 11 is 5.79. The van der Waals surface area contributed by atoms with E-state index < -0.39 is 0 Å². The number of benzene rings is 2. The zero-order chi connectivity index (χ0) is 18.2. The molecule has 0 aliphatic heterocycles. The highest BCUT2D eigenvalue weighted by Gasteiger charge is 2.05. The van der Waals surface area contributed by atoms with E-state index in [9.17, 15) is 14.7 Å². The molecule has 4 nitrogen and oxygen atoms in total. The molecule has 0 aliphatic rings. The highest BCUT2D eigenvalue weighted by atomic mass is 35.5. The summed E-state index contributed by atoms with van der Waals surface area (Å²) in [6.07, 6.45) is 5.70. The number of carbonyl (C=O) groups is 2. The zero-order valence-corrected chi connectivity index (χ0v) is 14.4. The Kier molecular flexibility index (Phi) is 6.54. The summed E-state index contributed by atoms with van der Waals surface area (Å²) in [4.78, 5) is 23.7. The molecule has 0 unspecified atom stereocenters. The Hall–Kier alpha value is -2.85. The van der Waals surface area contributed by atoms with Crippen LogP contribution in [0.5, 0.6) is 11.5 Å². The second-order valence-electron chi connectivity index (χ2n) is 5.26. The second kappa shape index (κ2) is 8.85. The number of phenolic OH excluding ortho intramolecular Hbond substituents is 1. The molecule has 0 heterocycles. The van der Waals surface area contributed by atoms with Crippen molar-refractivity contribution in [3.05, 3.63) is 70.8 Å². The molecule has 0 saturated heterocycles. The molecule has 128 valence electrons. The SMILES string of the molecule is COc1cc(C=CC(=O)CC(=O)C=Cc2ccc(Cl)cc2)ccc1O. The van der Waals surface area contributed by atoms with Crippen molar-refractivity contribution in [2.45, 2.75) is 6.42 Å². The monoisotopic (exact) mass is 356 g/mol. The van der Waals surface area contributed by atoms with Crippen LogP contribution in [0.1, 0.15) is 17.5 Å². The molecule has 0 radical (unpaired) electrons. The van der Waals surface area contributed by atoms with Crippen LogP contribution in [-0.2, 0) is 9.59 Å². The third kappa shape index (κ3) is 5.94. The second-order valence-corrected chi connectivity index (χ2v) is 5.70. The molecule has 0 saturated carbocycles. The van der Waals surface area contributed by atoms with E-state index >= 15 is 0 Å². The largest absolute Gasteiger partial charge is 0.504 e. The number of allylic oxidation sites excluding steroid dienone is 2. The van der Waals surface area contributed by atoms with E-state index in [4.69, 9.17) is 16.3 Å². The Morgan fingerprint density at radius 3 is 2.16 bits per heavy atom. The lowest BCUT2D eigenvalue weighted by atomic mass is 10.1. The van der Waals surface area contributed by atoms with Gasteiger partial charge in [0.05, 0.1) is 13.5 Å². The molecule has 1 N–H and O–H groups in total. The van der Waals surface area contributed by atoms with E-state index in [-0.39, 0.29) is 23.7 Å². The molecule has 5 heteroatoms. The minimum absolute atomic E-state index is 0.0218. The fraction of sp³-hybridized carbons (Fsp3) is 0.100. The average molecular weight is 357 g/mol. The number of hydrogen-bond acceptors (Lipinski definition) is 4. The number of aromatic hydroxyl groups is 1. The quantitative estimate of drug-likeness (QED) is 0.593. The lowest BCUT2D eigenvalue weighted by molar-refractivity contribution is -0.121. The van der Waals surface area contributed by atoms with Gasteiger partial charge in [-0.25, -0.2) is 0 Å². The Bertz CT molecular complexity index is 820. The first-order chi connectivity index (χ1) is 12.0. The highest BCUT2D eigenvalue weighted by molar-refractivity contribution is 6.30. The summed E-state index contributed by atoms with van der Waals surface area (Å²) in [5.41, 5.74) is 1.52. The van der Waals surface area contributed by atoms with Crippen molar-refractivity contribution in [1.29, 1.82) is 0 Å². The molecule has 0 aromatic heterocycles. The molecule has 0 fully saturated rings. The molecule has 2 aromatic carbocycles. The first-order valence-corrected chi connectivity index (χ1v) is 7.90. The van der Waals surface area contributed by atoms with Gasteiger partial charge in [-0.1, -0.05) is 42.0 Å². The fourth-order valence-corrected chi connectivity index (χ4v) is 2.17. The number of carbonyl (C=O) groups excluding carboxylic acids is 2. The van der Waals surface area contributed by atoms with E-state index in [1.165, 1.54) is 25.3 Å². The van der Waals surface area contributed by atoms with Crippen LogP contribution in [0.15, 0.2) is 54.6 Å². The lowest BCUT2D eigenvalue weighted by Gasteiger charge is -2.03. The lowest BCUT2D eigenvalue weighted by Crippen LogP contribution is -2.01. The first-order valence-electron chi connectivity index (χ1n) is 7.52. The molecular weight excluding hydrogens is 340 g/mol. The molecule has 0 amide bonds. The van der Waals surface area contributed by atoms with Crippen LogP contribution in [0.3, 0.4) is 0 Å². The smallest absolute Gasteiger partial charge is 0.163 e. The maximum atomic E-state index is 11.9. The summed E-state index contributed by atoms with van der Waals surface area (Å²) in [7, 11) is 1.44. The van der Waals surface area contributed by atoms with Gasteiger partial charge in [-0.2, -0.15) is 0 Å². The third-order valence-electron chi connectivity index (χ3n) is 3.35. The highest BCUT2D eigenvalue weighted by Crippen LogP contribution is 2.26. The summed E-state index contributed by atoms with van der Waals surface area (Å²) in [5, 5.41) is 10.1. The first kappa shape index (κ1) is 18.5. The zero-order valence-electron chi connectivity index (χ0n) is 13.6. The Balaban J connectivity index is 1.92. The van der Waals surface area contributed by atoms with Gasteiger partial charge in [0.25, 0.3) is 0 Å². The molecule has 25 heavy (non-hydrogen) atoms. The molecule has 2 rings (SSSR count). The van der Waals surface area contributed by atoms with Gasteiger partial charge in [0.1, 0.15) is 0 Å². The summed E-state index contributed by atoms with van der Waals surface area (Å²) in [5.74, 6) is -0.254. The Morgan fingerprint density at radius 2 is 1.56 bits per heavy atom. The minimum atomic E-state index is -0.308. The van der Waals surface area contributed by atoms with Crippen molar-refractivity contribution >= 4 is 35.3 Å². The van der Waals surface area contributed by atoms with Crippen molar-refractivity contribution < 1.29 is 19.4 Å². The number of ketones is 2. The number of hydrogen-bond donors (Lipinski definition) is 1. The summed E-state index contributed by atoms with van der Waals surface area (Å²) < 4.78 is 5.00. The van der Waals surface area contributed by atoms with Crippen molar-refractivity contribution in [3.63, 3.8) is 0 Å². The van der Waals surface area contributed by atoms with Gasteiger partial charge in [0, 0.05) is 5.02 Å². The topological polar surface area (TPSA) is 63.6 Å². The van der Waals surface area contributed by atoms with Crippen LogP contribution in [0.2, 0.25) is 5.02 Å². The van der Waals surface area contributed by atoms with Crippen molar-refractivity contribution in [3.8, 4) is 11.5 Å². The van der Waals surface area contributed by atoms with Gasteiger partial charge >= 0.3 is 0 Å². The number of rotatable bonds is 7. The van der Waals surface area contributed by atoms with Crippen molar-refractivity contribution in [2.75, 3.05) is 7.11 Å². The van der Waals surface area contributed by atoms with E-state index in [0.717, 1.165) is 5.56 Å². The van der Waals surface area contributed by atoms with Crippen LogP contribution in [0, 0.1) is 0 Å². The summed E-state index contributed by atoms with van der Waals surface area (Å²) in [6, 6.07) is 11.7. The fourth-order valence-electron chi connectivity index (χ4n) is 2.04. The van der Waals surface area contributed by atoms with Crippen LogP contribution < -0.4 is 4.74 Å². The van der Waals surface area contributed by atoms with E-state index in [1.807, 2.05) is 0 Å². The van der Waals surface area contributed by atoms with Crippen LogP contribution in [0.25, 0.3) is 12.2 Å².